The zero-order valence-corrected chi connectivity index (χ0v) is 9.30. The molecule has 0 aliphatic heterocycles. The molecule has 0 fully saturated rings. The maximum Gasteiger partial charge on any atom is 0.0789 e. The van der Waals surface area contributed by atoms with Gasteiger partial charge in [-0.05, 0) is 41.4 Å². The minimum atomic E-state index is -0.758. The largest absolute Gasteiger partial charge is 0.394 e. The molecule has 1 rings (SSSR count). The van der Waals surface area contributed by atoms with Gasteiger partial charge < -0.3 is 10.8 Å². The van der Waals surface area contributed by atoms with Crippen LogP contribution in [0.2, 0.25) is 0 Å². The van der Waals surface area contributed by atoms with E-state index in [1.54, 1.807) is 13.1 Å². The lowest BCUT2D eigenvalue weighted by atomic mass is 9.99. The van der Waals surface area contributed by atoms with Crippen molar-refractivity contribution < 1.29 is 5.11 Å². The lowest BCUT2D eigenvalue weighted by molar-refractivity contribution is 0.206. The van der Waals surface area contributed by atoms with Gasteiger partial charge in [-0.25, -0.2) is 0 Å². The molecule has 0 amide bonds. The van der Waals surface area contributed by atoms with Crippen LogP contribution in [0.5, 0.6) is 0 Å². The first-order chi connectivity index (χ1) is 5.97. The highest BCUT2D eigenvalue weighted by molar-refractivity contribution is 9.10. The molecule has 72 valence electrons. The van der Waals surface area contributed by atoms with Gasteiger partial charge in [0.2, 0.25) is 0 Å². The van der Waals surface area contributed by atoms with E-state index in [0.717, 1.165) is 10.0 Å². The molecular weight excluding hydrogens is 232 g/mol. The van der Waals surface area contributed by atoms with E-state index in [4.69, 9.17) is 10.8 Å². The van der Waals surface area contributed by atoms with Crippen molar-refractivity contribution in [3.63, 3.8) is 0 Å². The molecule has 1 heterocycles. The Bertz CT molecular complexity index is 312. The number of aliphatic hydroxyl groups excluding tert-OH is 1. The van der Waals surface area contributed by atoms with Crippen molar-refractivity contribution in [1.82, 2.24) is 4.98 Å². The summed E-state index contributed by atoms with van der Waals surface area (Å²) in [5.74, 6) is 0. The highest BCUT2D eigenvalue weighted by atomic mass is 79.9. The Morgan fingerprint density at radius 2 is 2.31 bits per heavy atom. The number of nitrogens with zero attached hydrogens (tertiary/aromatic N) is 1. The Labute approximate surface area is 86.1 Å². The van der Waals surface area contributed by atoms with Crippen molar-refractivity contribution in [3.05, 3.63) is 28.0 Å². The molecule has 13 heavy (non-hydrogen) atoms. The first kappa shape index (κ1) is 10.6. The van der Waals surface area contributed by atoms with E-state index >= 15 is 0 Å². The smallest absolute Gasteiger partial charge is 0.0789 e. The molecule has 0 aliphatic carbocycles. The van der Waals surface area contributed by atoms with Gasteiger partial charge in [0.25, 0.3) is 0 Å². The lowest BCUT2D eigenvalue weighted by Crippen LogP contribution is -2.37. The topological polar surface area (TPSA) is 59.1 Å². The van der Waals surface area contributed by atoms with E-state index in [1.807, 2.05) is 13.0 Å². The van der Waals surface area contributed by atoms with Crippen molar-refractivity contribution in [2.24, 2.45) is 5.73 Å². The van der Waals surface area contributed by atoms with Crippen LogP contribution in [0.25, 0.3) is 0 Å². The Morgan fingerprint density at radius 1 is 1.69 bits per heavy atom. The summed E-state index contributed by atoms with van der Waals surface area (Å²) in [4.78, 5) is 4.15. The number of aliphatic hydroxyl groups is 1. The maximum atomic E-state index is 9.03. The summed E-state index contributed by atoms with van der Waals surface area (Å²) in [6.45, 7) is 3.60. The molecule has 0 spiro atoms. The average molecular weight is 245 g/mol. The third-order valence-electron chi connectivity index (χ3n) is 1.96. The highest BCUT2D eigenvalue weighted by Gasteiger charge is 2.21. The van der Waals surface area contributed by atoms with Crippen LogP contribution < -0.4 is 5.73 Å². The van der Waals surface area contributed by atoms with Gasteiger partial charge in [-0.15, -0.1) is 0 Å². The van der Waals surface area contributed by atoms with Gasteiger partial charge in [-0.2, -0.15) is 0 Å². The molecule has 3 nitrogen and oxygen atoms in total. The number of hydrogen-bond donors (Lipinski definition) is 2. The van der Waals surface area contributed by atoms with E-state index in [9.17, 15) is 0 Å². The summed E-state index contributed by atoms with van der Waals surface area (Å²) in [7, 11) is 0. The quantitative estimate of drug-likeness (QED) is 0.826. The predicted octanol–water partition coefficient (Wildman–Crippen LogP) is 1.32. The van der Waals surface area contributed by atoms with Crippen molar-refractivity contribution in [2.75, 3.05) is 6.61 Å². The predicted molar refractivity (Wildman–Crippen MR) is 55.3 cm³/mol. The van der Waals surface area contributed by atoms with E-state index in [-0.39, 0.29) is 6.61 Å². The molecule has 0 unspecified atom stereocenters. The SMILES string of the molecule is Cc1cc([C@@](C)(N)CO)ncc1Br. The summed E-state index contributed by atoms with van der Waals surface area (Å²) in [5.41, 5.74) is 6.84. The van der Waals surface area contributed by atoms with Gasteiger partial charge in [0, 0.05) is 10.7 Å². The van der Waals surface area contributed by atoms with E-state index < -0.39 is 5.54 Å². The highest BCUT2D eigenvalue weighted by Crippen LogP contribution is 2.20. The molecule has 0 saturated carbocycles. The van der Waals surface area contributed by atoms with Crippen molar-refractivity contribution >= 4 is 15.9 Å². The third-order valence-corrected chi connectivity index (χ3v) is 2.79. The number of halogens is 1. The fraction of sp³-hybridized carbons (Fsp3) is 0.444. The first-order valence-electron chi connectivity index (χ1n) is 4.00. The van der Waals surface area contributed by atoms with Crippen LogP contribution in [0, 0.1) is 6.92 Å². The van der Waals surface area contributed by atoms with Crippen LogP contribution in [-0.4, -0.2) is 16.7 Å². The molecule has 1 aromatic heterocycles. The first-order valence-corrected chi connectivity index (χ1v) is 4.79. The second-order valence-corrected chi connectivity index (χ2v) is 4.25. The van der Waals surface area contributed by atoms with Gasteiger partial charge in [-0.3, -0.25) is 4.98 Å². The molecule has 0 bridgehead atoms. The zero-order valence-electron chi connectivity index (χ0n) is 7.71. The van der Waals surface area contributed by atoms with Crippen molar-refractivity contribution in [1.29, 1.82) is 0 Å². The van der Waals surface area contributed by atoms with Crippen LogP contribution in [0.1, 0.15) is 18.2 Å². The average Bonchev–Trinajstić information content (AvgIpc) is 2.09. The third kappa shape index (κ3) is 2.27. The van der Waals surface area contributed by atoms with Gasteiger partial charge >= 0.3 is 0 Å². The van der Waals surface area contributed by atoms with Crippen LogP contribution in [0.4, 0.5) is 0 Å². The number of pyridine rings is 1. The summed E-state index contributed by atoms with van der Waals surface area (Å²) in [6.07, 6.45) is 1.70. The Hall–Kier alpha value is -0.450. The number of aromatic nitrogens is 1. The van der Waals surface area contributed by atoms with Crippen LogP contribution >= 0.6 is 15.9 Å². The molecule has 4 heteroatoms. The minimum Gasteiger partial charge on any atom is -0.394 e. The maximum absolute atomic E-state index is 9.03. The van der Waals surface area contributed by atoms with E-state index in [0.29, 0.717) is 5.69 Å². The molecule has 0 radical (unpaired) electrons. The molecule has 0 saturated heterocycles. The normalized spacial score (nSPS) is 15.5. The summed E-state index contributed by atoms with van der Waals surface area (Å²) >= 11 is 3.35. The second kappa shape index (κ2) is 3.74. The fourth-order valence-corrected chi connectivity index (χ4v) is 1.15. The monoisotopic (exact) mass is 244 g/mol. The van der Waals surface area contributed by atoms with Gasteiger partial charge in [0.1, 0.15) is 0 Å². The fourth-order valence-electron chi connectivity index (χ4n) is 0.933. The summed E-state index contributed by atoms with van der Waals surface area (Å²) in [6, 6.07) is 1.88. The van der Waals surface area contributed by atoms with Crippen LogP contribution in [0.15, 0.2) is 16.7 Å². The number of aryl methyl sites for hydroxylation is 1. The standard InChI is InChI=1S/C9H13BrN2O/c1-6-3-8(9(2,11)5-13)12-4-7(6)10/h3-4,13H,5,11H2,1-2H3/t9-/m0/s1. The van der Waals surface area contributed by atoms with Crippen LogP contribution in [-0.2, 0) is 5.54 Å². The zero-order chi connectivity index (χ0) is 10.1. The minimum absolute atomic E-state index is 0.110. The van der Waals surface area contributed by atoms with Gasteiger partial charge in [0.15, 0.2) is 0 Å². The Kier molecular flexibility index (Phi) is 3.05. The Morgan fingerprint density at radius 3 is 2.77 bits per heavy atom. The van der Waals surface area contributed by atoms with Crippen LogP contribution in [0.3, 0.4) is 0 Å². The molecule has 0 aliphatic rings. The molecule has 0 aromatic carbocycles. The summed E-state index contributed by atoms with van der Waals surface area (Å²) < 4.78 is 0.949. The molecule has 1 aromatic rings. The molecule has 1 atom stereocenters. The van der Waals surface area contributed by atoms with Gasteiger partial charge in [0.05, 0.1) is 17.8 Å². The summed E-state index contributed by atoms with van der Waals surface area (Å²) in [5, 5.41) is 9.03. The van der Waals surface area contributed by atoms with Gasteiger partial charge in [-0.1, -0.05) is 0 Å². The number of nitrogens with two attached hydrogens (primary N) is 1. The van der Waals surface area contributed by atoms with E-state index in [1.165, 1.54) is 0 Å². The molecule has 3 N–H and O–H groups in total. The Balaban J connectivity index is 3.10. The molecular formula is C9H13BrN2O. The van der Waals surface area contributed by atoms with E-state index in [2.05, 4.69) is 20.9 Å². The lowest BCUT2D eigenvalue weighted by Gasteiger charge is -2.21. The number of rotatable bonds is 2. The van der Waals surface area contributed by atoms with Crippen molar-refractivity contribution in [2.45, 2.75) is 19.4 Å². The van der Waals surface area contributed by atoms with Crippen molar-refractivity contribution in [3.8, 4) is 0 Å². The second-order valence-electron chi connectivity index (χ2n) is 3.39. The number of hydrogen-bond acceptors (Lipinski definition) is 3.